The minimum atomic E-state index is 0.0756. The quantitative estimate of drug-likeness (QED) is 0.860. The first-order valence-electron chi connectivity index (χ1n) is 8.21. The third kappa shape index (κ3) is 3.67. The zero-order chi connectivity index (χ0) is 17.1. The van der Waals surface area contributed by atoms with E-state index in [4.69, 9.17) is 0 Å². The molecule has 4 nitrogen and oxygen atoms in total. The van der Waals surface area contributed by atoms with E-state index < -0.39 is 0 Å². The number of rotatable bonds is 3. The molecule has 3 rings (SSSR count). The summed E-state index contributed by atoms with van der Waals surface area (Å²) < 4.78 is 0. The summed E-state index contributed by atoms with van der Waals surface area (Å²) in [4.78, 5) is 29.4. The van der Waals surface area contributed by atoms with E-state index in [9.17, 15) is 9.59 Å². The summed E-state index contributed by atoms with van der Waals surface area (Å²) in [6.07, 6.45) is 0.437. The number of thiophene rings is 1. The van der Waals surface area contributed by atoms with E-state index in [0.29, 0.717) is 32.6 Å². The lowest BCUT2D eigenvalue weighted by Crippen LogP contribution is -2.50. The predicted octanol–water partition coefficient (Wildman–Crippen LogP) is 2.89. The van der Waals surface area contributed by atoms with Crippen LogP contribution in [0.25, 0.3) is 0 Å². The summed E-state index contributed by atoms with van der Waals surface area (Å²) in [5, 5.41) is 1.91. The Balaban J connectivity index is 1.57. The van der Waals surface area contributed by atoms with Crippen LogP contribution in [0.2, 0.25) is 0 Å². The maximum atomic E-state index is 12.6. The Kier molecular flexibility index (Phi) is 5.00. The van der Waals surface area contributed by atoms with Crippen LogP contribution in [-0.2, 0) is 11.2 Å². The minimum absolute atomic E-state index is 0.0756. The largest absolute Gasteiger partial charge is 0.339 e. The number of carbonyl (C=O) groups excluding carboxylic acids is 2. The van der Waals surface area contributed by atoms with Crippen LogP contribution in [0.5, 0.6) is 0 Å². The second-order valence-corrected chi connectivity index (χ2v) is 7.20. The predicted molar refractivity (Wildman–Crippen MR) is 96.4 cm³/mol. The molecule has 1 aliphatic heterocycles. The Morgan fingerprint density at radius 2 is 1.75 bits per heavy atom. The molecule has 0 unspecified atom stereocenters. The molecule has 1 aromatic heterocycles. The SMILES string of the molecule is Cc1ccc(C)c(CC(=O)N2CCN(C(=O)c3cccs3)CC2)c1. The minimum Gasteiger partial charge on any atom is -0.339 e. The standard InChI is InChI=1S/C19H22N2O2S/c1-14-5-6-15(2)16(12-14)13-18(22)20-7-9-21(10-8-20)19(23)17-4-3-11-24-17/h3-6,11-12H,7-10,13H2,1-2H3. The first-order chi connectivity index (χ1) is 11.5. The Morgan fingerprint density at radius 1 is 1.04 bits per heavy atom. The van der Waals surface area contributed by atoms with Crippen molar-refractivity contribution < 1.29 is 9.59 Å². The molecule has 2 aromatic rings. The highest BCUT2D eigenvalue weighted by molar-refractivity contribution is 7.12. The van der Waals surface area contributed by atoms with Gasteiger partial charge in [0.15, 0.2) is 0 Å². The van der Waals surface area contributed by atoms with Crippen LogP contribution in [0.3, 0.4) is 0 Å². The summed E-state index contributed by atoms with van der Waals surface area (Å²) in [5.74, 6) is 0.221. The van der Waals surface area contributed by atoms with Gasteiger partial charge in [-0.3, -0.25) is 9.59 Å². The number of hydrogen-bond donors (Lipinski definition) is 0. The molecule has 0 spiro atoms. The molecular formula is C19H22N2O2S. The van der Waals surface area contributed by atoms with Crippen LogP contribution in [0, 0.1) is 13.8 Å². The molecule has 0 saturated carbocycles. The summed E-state index contributed by atoms with van der Waals surface area (Å²) in [7, 11) is 0. The molecule has 126 valence electrons. The van der Waals surface area contributed by atoms with Crippen molar-refractivity contribution in [3.63, 3.8) is 0 Å². The molecule has 1 saturated heterocycles. The van der Waals surface area contributed by atoms with E-state index in [2.05, 4.69) is 18.2 Å². The first-order valence-corrected chi connectivity index (χ1v) is 9.09. The first kappa shape index (κ1) is 16.7. The second-order valence-electron chi connectivity index (χ2n) is 6.26. The van der Waals surface area contributed by atoms with Crippen molar-refractivity contribution in [3.05, 3.63) is 57.3 Å². The molecule has 0 aliphatic carbocycles. The van der Waals surface area contributed by atoms with Gasteiger partial charge in [0, 0.05) is 26.2 Å². The fraction of sp³-hybridized carbons (Fsp3) is 0.368. The van der Waals surface area contributed by atoms with E-state index in [1.54, 1.807) is 0 Å². The molecule has 1 fully saturated rings. The number of piperazine rings is 1. The highest BCUT2D eigenvalue weighted by atomic mass is 32.1. The highest BCUT2D eigenvalue weighted by Gasteiger charge is 2.25. The van der Waals surface area contributed by atoms with Gasteiger partial charge in [0.2, 0.25) is 5.91 Å². The third-order valence-electron chi connectivity index (χ3n) is 4.50. The van der Waals surface area contributed by atoms with Crippen molar-refractivity contribution >= 4 is 23.2 Å². The fourth-order valence-corrected chi connectivity index (χ4v) is 3.67. The van der Waals surface area contributed by atoms with Gasteiger partial charge in [-0.25, -0.2) is 0 Å². The van der Waals surface area contributed by atoms with E-state index >= 15 is 0 Å². The fourth-order valence-electron chi connectivity index (χ4n) is 2.98. The molecular weight excluding hydrogens is 320 g/mol. The smallest absolute Gasteiger partial charge is 0.264 e. The number of benzene rings is 1. The highest BCUT2D eigenvalue weighted by Crippen LogP contribution is 2.16. The molecule has 1 aromatic carbocycles. The van der Waals surface area contributed by atoms with Crippen LogP contribution in [0.4, 0.5) is 0 Å². The van der Waals surface area contributed by atoms with Crippen molar-refractivity contribution in [3.8, 4) is 0 Å². The molecule has 24 heavy (non-hydrogen) atoms. The van der Waals surface area contributed by atoms with Crippen LogP contribution in [0.1, 0.15) is 26.4 Å². The van der Waals surface area contributed by atoms with Gasteiger partial charge in [-0.05, 0) is 36.4 Å². The second kappa shape index (κ2) is 7.18. The van der Waals surface area contributed by atoms with Crippen LogP contribution >= 0.6 is 11.3 Å². The van der Waals surface area contributed by atoms with E-state index in [1.165, 1.54) is 16.9 Å². The number of hydrogen-bond acceptors (Lipinski definition) is 3. The Hall–Kier alpha value is -2.14. The van der Waals surface area contributed by atoms with Crippen LogP contribution in [0.15, 0.2) is 35.7 Å². The summed E-state index contributed by atoms with van der Waals surface area (Å²) in [6.45, 7) is 6.52. The van der Waals surface area contributed by atoms with Gasteiger partial charge >= 0.3 is 0 Å². The summed E-state index contributed by atoms with van der Waals surface area (Å²) in [5.41, 5.74) is 3.42. The third-order valence-corrected chi connectivity index (χ3v) is 5.36. The number of amides is 2. The zero-order valence-electron chi connectivity index (χ0n) is 14.1. The summed E-state index contributed by atoms with van der Waals surface area (Å²) in [6, 6.07) is 9.96. The molecule has 0 radical (unpaired) electrons. The van der Waals surface area contributed by atoms with Gasteiger partial charge in [-0.15, -0.1) is 11.3 Å². The van der Waals surface area contributed by atoms with E-state index in [1.807, 2.05) is 41.2 Å². The van der Waals surface area contributed by atoms with Crippen molar-refractivity contribution in [2.75, 3.05) is 26.2 Å². The Bertz CT molecular complexity index is 732. The van der Waals surface area contributed by atoms with E-state index in [0.717, 1.165) is 16.0 Å². The van der Waals surface area contributed by atoms with Crippen LogP contribution in [-0.4, -0.2) is 47.8 Å². The van der Waals surface area contributed by atoms with Gasteiger partial charge in [-0.2, -0.15) is 0 Å². The topological polar surface area (TPSA) is 40.6 Å². The molecule has 0 bridgehead atoms. The average Bonchev–Trinajstić information content (AvgIpc) is 3.12. The Labute approximate surface area is 146 Å². The van der Waals surface area contributed by atoms with Gasteiger partial charge in [-0.1, -0.05) is 29.8 Å². The van der Waals surface area contributed by atoms with Gasteiger partial charge in [0.25, 0.3) is 5.91 Å². The van der Waals surface area contributed by atoms with Gasteiger partial charge in [0.1, 0.15) is 0 Å². The zero-order valence-corrected chi connectivity index (χ0v) is 14.9. The molecule has 0 atom stereocenters. The monoisotopic (exact) mass is 342 g/mol. The number of aryl methyl sites for hydroxylation is 2. The molecule has 2 amide bonds. The lowest BCUT2D eigenvalue weighted by molar-refractivity contribution is -0.131. The lowest BCUT2D eigenvalue weighted by atomic mass is 10.0. The van der Waals surface area contributed by atoms with Gasteiger partial charge < -0.3 is 9.80 Å². The summed E-state index contributed by atoms with van der Waals surface area (Å²) >= 11 is 1.46. The molecule has 0 N–H and O–H groups in total. The van der Waals surface area contributed by atoms with E-state index in [-0.39, 0.29) is 11.8 Å². The maximum absolute atomic E-state index is 12.6. The van der Waals surface area contributed by atoms with Crippen molar-refractivity contribution in [2.45, 2.75) is 20.3 Å². The average molecular weight is 342 g/mol. The normalized spacial score (nSPS) is 14.8. The van der Waals surface area contributed by atoms with Crippen molar-refractivity contribution in [1.29, 1.82) is 0 Å². The lowest BCUT2D eigenvalue weighted by Gasteiger charge is -2.34. The number of nitrogens with zero attached hydrogens (tertiary/aromatic N) is 2. The van der Waals surface area contributed by atoms with Crippen LogP contribution < -0.4 is 0 Å². The van der Waals surface area contributed by atoms with Crippen molar-refractivity contribution in [2.24, 2.45) is 0 Å². The maximum Gasteiger partial charge on any atom is 0.264 e. The molecule has 2 heterocycles. The Morgan fingerprint density at radius 3 is 2.42 bits per heavy atom. The molecule has 5 heteroatoms. The number of carbonyl (C=O) groups is 2. The van der Waals surface area contributed by atoms with Gasteiger partial charge in [0.05, 0.1) is 11.3 Å². The molecule has 1 aliphatic rings. The van der Waals surface area contributed by atoms with Crippen molar-refractivity contribution in [1.82, 2.24) is 9.80 Å².